The van der Waals surface area contributed by atoms with Gasteiger partial charge in [0, 0.05) is 30.4 Å². The Balaban J connectivity index is 1.56. The number of anilines is 1. The number of hydrogen-bond donors (Lipinski definition) is 2. The number of carbonyl (C=O) groups is 1. The quantitative estimate of drug-likeness (QED) is 0.843. The van der Waals surface area contributed by atoms with E-state index in [4.69, 9.17) is 0 Å². The van der Waals surface area contributed by atoms with Crippen LogP contribution in [0.5, 0.6) is 0 Å². The minimum Gasteiger partial charge on any atom is -0.393 e. The van der Waals surface area contributed by atoms with Crippen molar-refractivity contribution in [3.63, 3.8) is 0 Å². The fourth-order valence-electron chi connectivity index (χ4n) is 3.64. The second kappa shape index (κ2) is 7.82. The van der Waals surface area contributed by atoms with Gasteiger partial charge in [-0.3, -0.25) is 4.79 Å². The highest BCUT2D eigenvalue weighted by molar-refractivity contribution is 5.94. The molecule has 1 amide bonds. The maximum absolute atomic E-state index is 12.4. The summed E-state index contributed by atoms with van der Waals surface area (Å²) in [6, 6.07) is 8.24. The van der Waals surface area contributed by atoms with Gasteiger partial charge in [-0.15, -0.1) is 0 Å². The molecule has 126 valence electrons. The molecule has 0 aromatic heterocycles. The number of amides is 1. The number of aliphatic hydroxyl groups is 1. The molecule has 1 aromatic rings. The van der Waals surface area contributed by atoms with Crippen LogP contribution in [0.1, 0.15) is 61.7 Å². The summed E-state index contributed by atoms with van der Waals surface area (Å²) in [5.41, 5.74) is 1.89. The average Bonchev–Trinajstić information content (AvgIpc) is 2.84. The highest BCUT2D eigenvalue weighted by Crippen LogP contribution is 2.21. The molecule has 0 unspecified atom stereocenters. The van der Waals surface area contributed by atoms with Crippen molar-refractivity contribution in [2.45, 2.75) is 63.5 Å². The highest BCUT2D eigenvalue weighted by atomic mass is 16.3. The predicted molar refractivity (Wildman–Crippen MR) is 92.9 cm³/mol. The van der Waals surface area contributed by atoms with Gasteiger partial charge in [-0.05, 0) is 49.9 Å². The first-order valence-electron chi connectivity index (χ1n) is 9.06. The molecule has 4 heteroatoms. The van der Waals surface area contributed by atoms with Crippen LogP contribution in [0.4, 0.5) is 5.69 Å². The Morgan fingerprint density at radius 3 is 2.17 bits per heavy atom. The zero-order chi connectivity index (χ0) is 16.1. The number of nitrogens with zero attached hydrogens (tertiary/aromatic N) is 1. The molecule has 0 bridgehead atoms. The lowest BCUT2D eigenvalue weighted by Crippen LogP contribution is -2.36. The molecule has 1 aliphatic carbocycles. The molecule has 3 rings (SSSR count). The molecule has 1 saturated heterocycles. The summed E-state index contributed by atoms with van der Waals surface area (Å²) >= 11 is 0. The summed E-state index contributed by atoms with van der Waals surface area (Å²) < 4.78 is 0. The van der Waals surface area contributed by atoms with Crippen molar-refractivity contribution in [3.05, 3.63) is 29.8 Å². The van der Waals surface area contributed by atoms with E-state index < -0.39 is 0 Å². The van der Waals surface area contributed by atoms with Crippen molar-refractivity contribution in [1.29, 1.82) is 0 Å². The smallest absolute Gasteiger partial charge is 0.251 e. The second-order valence-electron chi connectivity index (χ2n) is 6.93. The van der Waals surface area contributed by atoms with Gasteiger partial charge in [-0.25, -0.2) is 0 Å². The van der Waals surface area contributed by atoms with Crippen LogP contribution in [0, 0.1) is 0 Å². The zero-order valence-electron chi connectivity index (χ0n) is 13.8. The second-order valence-corrected chi connectivity index (χ2v) is 6.93. The van der Waals surface area contributed by atoms with Crippen molar-refractivity contribution >= 4 is 11.6 Å². The first-order valence-corrected chi connectivity index (χ1v) is 9.06. The van der Waals surface area contributed by atoms with E-state index >= 15 is 0 Å². The Hall–Kier alpha value is -1.55. The van der Waals surface area contributed by atoms with Gasteiger partial charge in [0.15, 0.2) is 0 Å². The van der Waals surface area contributed by atoms with Crippen LogP contribution < -0.4 is 10.2 Å². The summed E-state index contributed by atoms with van der Waals surface area (Å²) in [5, 5.41) is 12.8. The Morgan fingerprint density at radius 1 is 0.957 bits per heavy atom. The number of nitrogens with one attached hydrogen (secondary N) is 1. The average molecular weight is 316 g/mol. The number of aliphatic hydroxyl groups excluding tert-OH is 1. The van der Waals surface area contributed by atoms with E-state index in [1.54, 1.807) is 0 Å². The Labute approximate surface area is 138 Å². The van der Waals surface area contributed by atoms with Gasteiger partial charge in [0.05, 0.1) is 6.10 Å². The third-order valence-corrected chi connectivity index (χ3v) is 5.15. The van der Waals surface area contributed by atoms with Gasteiger partial charge < -0.3 is 15.3 Å². The van der Waals surface area contributed by atoms with Crippen LogP contribution >= 0.6 is 0 Å². The number of rotatable bonds is 3. The van der Waals surface area contributed by atoms with Crippen molar-refractivity contribution in [2.24, 2.45) is 0 Å². The van der Waals surface area contributed by atoms with Gasteiger partial charge in [-0.2, -0.15) is 0 Å². The Bertz CT molecular complexity index is 499. The molecule has 23 heavy (non-hydrogen) atoms. The maximum atomic E-state index is 12.4. The zero-order valence-corrected chi connectivity index (χ0v) is 13.8. The van der Waals surface area contributed by atoms with Crippen molar-refractivity contribution in [1.82, 2.24) is 5.32 Å². The van der Waals surface area contributed by atoms with Gasteiger partial charge in [0.25, 0.3) is 5.91 Å². The van der Waals surface area contributed by atoms with E-state index in [0.717, 1.165) is 50.0 Å². The molecule has 1 heterocycles. The molecule has 4 nitrogen and oxygen atoms in total. The number of hydrogen-bond acceptors (Lipinski definition) is 3. The van der Waals surface area contributed by atoms with Crippen LogP contribution in [0.25, 0.3) is 0 Å². The van der Waals surface area contributed by atoms with E-state index in [1.165, 1.54) is 25.7 Å². The monoisotopic (exact) mass is 316 g/mol. The summed E-state index contributed by atoms with van der Waals surface area (Å²) in [7, 11) is 0. The summed E-state index contributed by atoms with van der Waals surface area (Å²) in [4.78, 5) is 14.7. The van der Waals surface area contributed by atoms with Crippen LogP contribution in [0.2, 0.25) is 0 Å². The predicted octanol–water partition coefficient (Wildman–Crippen LogP) is 3.10. The van der Waals surface area contributed by atoms with Crippen LogP contribution in [0.3, 0.4) is 0 Å². The summed E-state index contributed by atoms with van der Waals surface area (Å²) in [5.74, 6) is 0.0533. The Kier molecular flexibility index (Phi) is 5.55. The van der Waals surface area contributed by atoms with Gasteiger partial charge >= 0.3 is 0 Å². The van der Waals surface area contributed by atoms with Crippen LogP contribution in [0.15, 0.2) is 24.3 Å². The topological polar surface area (TPSA) is 52.6 Å². The normalized spacial score (nSPS) is 21.0. The number of benzene rings is 1. The van der Waals surface area contributed by atoms with Gasteiger partial charge in [0.2, 0.25) is 0 Å². The minimum atomic E-state index is -0.157. The van der Waals surface area contributed by atoms with Crippen molar-refractivity contribution in [2.75, 3.05) is 18.0 Å². The lowest BCUT2D eigenvalue weighted by molar-refractivity contribution is 0.0933. The molecule has 2 fully saturated rings. The number of piperidine rings is 1. The van der Waals surface area contributed by atoms with Gasteiger partial charge in [-0.1, -0.05) is 25.7 Å². The molecule has 0 atom stereocenters. The molecular formula is C19H28N2O2. The number of carbonyl (C=O) groups excluding carboxylic acids is 1. The summed E-state index contributed by atoms with van der Waals surface area (Å²) in [6.07, 6.45) is 8.76. The van der Waals surface area contributed by atoms with E-state index in [-0.39, 0.29) is 12.0 Å². The van der Waals surface area contributed by atoms with E-state index in [1.807, 2.05) is 24.3 Å². The largest absolute Gasteiger partial charge is 0.393 e. The lowest BCUT2D eigenvalue weighted by Gasteiger charge is -2.31. The maximum Gasteiger partial charge on any atom is 0.251 e. The van der Waals surface area contributed by atoms with Crippen LogP contribution in [-0.4, -0.2) is 36.2 Å². The molecule has 1 saturated carbocycles. The first kappa shape index (κ1) is 16.3. The molecular weight excluding hydrogens is 288 g/mol. The van der Waals surface area contributed by atoms with Crippen molar-refractivity contribution in [3.8, 4) is 0 Å². The highest BCUT2D eigenvalue weighted by Gasteiger charge is 2.18. The lowest BCUT2D eigenvalue weighted by atomic mass is 10.1. The van der Waals surface area contributed by atoms with E-state index in [0.29, 0.717) is 6.04 Å². The SMILES string of the molecule is O=C(NC1CCCCCC1)c1ccc(N2CCC(O)CC2)cc1. The molecule has 0 radical (unpaired) electrons. The van der Waals surface area contributed by atoms with Gasteiger partial charge in [0.1, 0.15) is 0 Å². The fourth-order valence-corrected chi connectivity index (χ4v) is 3.64. The molecule has 1 aliphatic heterocycles. The van der Waals surface area contributed by atoms with E-state index in [9.17, 15) is 9.90 Å². The first-order chi connectivity index (χ1) is 11.2. The molecule has 0 spiro atoms. The van der Waals surface area contributed by atoms with Crippen molar-refractivity contribution < 1.29 is 9.90 Å². The minimum absolute atomic E-state index is 0.0533. The standard InChI is InChI=1S/C19H28N2O2/c22-18-11-13-21(14-12-18)17-9-7-15(8-10-17)19(23)20-16-5-3-1-2-4-6-16/h7-10,16,18,22H,1-6,11-14H2,(H,20,23). The molecule has 2 aliphatic rings. The van der Waals surface area contributed by atoms with E-state index in [2.05, 4.69) is 10.2 Å². The summed E-state index contributed by atoms with van der Waals surface area (Å²) in [6.45, 7) is 1.77. The van der Waals surface area contributed by atoms with Crippen LogP contribution in [-0.2, 0) is 0 Å². The molecule has 2 N–H and O–H groups in total. The molecule has 1 aromatic carbocycles. The Morgan fingerprint density at radius 2 is 1.57 bits per heavy atom. The fraction of sp³-hybridized carbons (Fsp3) is 0.632. The third-order valence-electron chi connectivity index (χ3n) is 5.15. The third kappa shape index (κ3) is 4.47.